The highest BCUT2D eigenvalue weighted by Crippen LogP contribution is 2.28. The number of ether oxygens (including phenoxy) is 1. The van der Waals surface area contributed by atoms with Gasteiger partial charge < -0.3 is 10.5 Å². The van der Waals surface area contributed by atoms with E-state index in [1.165, 1.54) is 6.92 Å². The molecule has 1 unspecified atom stereocenters. The van der Waals surface area contributed by atoms with Gasteiger partial charge in [-0.25, -0.2) is 4.98 Å². The van der Waals surface area contributed by atoms with E-state index in [0.29, 0.717) is 11.4 Å². The minimum Gasteiger partial charge on any atom is -0.465 e. The van der Waals surface area contributed by atoms with E-state index in [-0.39, 0.29) is 17.6 Å². The van der Waals surface area contributed by atoms with E-state index >= 15 is 0 Å². The normalized spacial score (nSPS) is 13.8. The van der Waals surface area contributed by atoms with Crippen molar-refractivity contribution in [2.45, 2.75) is 45.9 Å². The van der Waals surface area contributed by atoms with E-state index in [4.69, 9.17) is 10.5 Å². The Balaban J connectivity index is 3.08. The van der Waals surface area contributed by atoms with Gasteiger partial charge in [-0.15, -0.1) is 0 Å². The molecule has 0 spiro atoms. The van der Waals surface area contributed by atoms with Crippen molar-refractivity contribution in [1.29, 1.82) is 0 Å². The second kappa shape index (κ2) is 4.99. The maximum absolute atomic E-state index is 12.4. The Morgan fingerprint density at radius 2 is 1.72 bits per heavy atom. The van der Waals surface area contributed by atoms with E-state index in [0.717, 1.165) is 6.92 Å². The zero-order chi connectivity index (χ0) is 14.1. The molecule has 0 aliphatic carbocycles. The number of hydrogen-bond donors (Lipinski definition) is 1. The van der Waals surface area contributed by atoms with Gasteiger partial charge in [0.1, 0.15) is 11.6 Å². The number of halogens is 3. The van der Waals surface area contributed by atoms with Crippen molar-refractivity contribution in [2.75, 3.05) is 5.73 Å². The first-order valence-corrected chi connectivity index (χ1v) is 5.50. The van der Waals surface area contributed by atoms with Gasteiger partial charge in [-0.3, -0.25) is 0 Å². The highest BCUT2D eigenvalue weighted by Gasteiger charge is 2.38. The average Bonchev–Trinajstić information content (AvgIpc) is 2.22. The van der Waals surface area contributed by atoms with Gasteiger partial charge in [0.25, 0.3) is 0 Å². The third-order valence-electron chi connectivity index (χ3n) is 2.42. The summed E-state index contributed by atoms with van der Waals surface area (Å²) >= 11 is 0. The van der Waals surface area contributed by atoms with Crippen LogP contribution >= 0.6 is 0 Å². The van der Waals surface area contributed by atoms with Crippen LogP contribution in [0.1, 0.15) is 38.1 Å². The van der Waals surface area contributed by atoms with Gasteiger partial charge in [-0.1, -0.05) is 13.8 Å². The topological polar surface area (TPSA) is 61.0 Å². The Kier molecular flexibility index (Phi) is 4.03. The summed E-state index contributed by atoms with van der Waals surface area (Å²) in [4.78, 5) is 7.98. The number of nitrogens with zero attached hydrogens (tertiary/aromatic N) is 2. The zero-order valence-corrected chi connectivity index (χ0v) is 10.7. The zero-order valence-electron chi connectivity index (χ0n) is 10.7. The fourth-order valence-electron chi connectivity index (χ4n) is 1.14. The van der Waals surface area contributed by atoms with Crippen LogP contribution in [0.3, 0.4) is 0 Å². The number of hydrogen-bond acceptors (Lipinski definition) is 4. The number of alkyl halides is 3. The molecule has 1 aromatic rings. The van der Waals surface area contributed by atoms with Gasteiger partial charge in [0, 0.05) is 5.92 Å². The molecular formula is C11H16F3N3O. The van der Waals surface area contributed by atoms with Crippen molar-refractivity contribution in [2.24, 2.45) is 0 Å². The third-order valence-corrected chi connectivity index (χ3v) is 2.42. The Labute approximate surface area is 103 Å². The highest BCUT2D eigenvalue weighted by atomic mass is 19.4. The molecule has 0 amide bonds. The van der Waals surface area contributed by atoms with Crippen LogP contribution in [0.4, 0.5) is 19.0 Å². The molecule has 0 saturated heterocycles. The highest BCUT2D eigenvalue weighted by molar-refractivity contribution is 5.44. The third kappa shape index (κ3) is 3.24. The van der Waals surface area contributed by atoms with Gasteiger partial charge in [0.05, 0.1) is 5.56 Å². The van der Waals surface area contributed by atoms with E-state index in [1.54, 1.807) is 0 Å². The summed E-state index contributed by atoms with van der Waals surface area (Å²) in [6.45, 7) is 6.09. The summed E-state index contributed by atoms with van der Waals surface area (Å²) in [5, 5.41) is 0. The molecular weight excluding hydrogens is 247 g/mol. The largest absolute Gasteiger partial charge is 0.465 e. The van der Waals surface area contributed by atoms with Crippen molar-refractivity contribution in [3.8, 4) is 5.88 Å². The average molecular weight is 263 g/mol. The second-order valence-corrected chi connectivity index (χ2v) is 4.35. The second-order valence-electron chi connectivity index (χ2n) is 4.35. The van der Waals surface area contributed by atoms with Crippen LogP contribution in [0.25, 0.3) is 0 Å². The van der Waals surface area contributed by atoms with Crippen LogP contribution in [-0.2, 0) is 0 Å². The lowest BCUT2D eigenvalue weighted by atomic mass is 10.2. The van der Waals surface area contributed by atoms with Crippen LogP contribution in [-0.4, -0.2) is 22.2 Å². The number of nitrogens with two attached hydrogens (primary N) is 1. The first-order chi connectivity index (χ1) is 8.12. The molecule has 0 saturated carbocycles. The molecule has 0 radical (unpaired) electrons. The molecule has 0 aliphatic heterocycles. The Morgan fingerprint density at radius 1 is 1.17 bits per heavy atom. The van der Waals surface area contributed by atoms with Crippen molar-refractivity contribution < 1.29 is 17.9 Å². The minimum atomic E-state index is -4.44. The predicted molar refractivity (Wildman–Crippen MR) is 61.4 cm³/mol. The van der Waals surface area contributed by atoms with E-state index in [2.05, 4.69) is 9.97 Å². The van der Waals surface area contributed by atoms with Crippen molar-refractivity contribution in [3.63, 3.8) is 0 Å². The quantitative estimate of drug-likeness (QED) is 0.910. The maximum atomic E-state index is 12.4. The van der Waals surface area contributed by atoms with Crippen molar-refractivity contribution >= 4 is 5.82 Å². The SMILES string of the molecule is Cc1c(N)nc(C(C)C)nc1OC(C)C(F)(F)F. The summed E-state index contributed by atoms with van der Waals surface area (Å²) in [6.07, 6.45) is -6.38. The fourth-order valence-corrected chi connectivity index (χ4v) is 1.14. The molecule has 7 heteroatoms. The Bertz CT molecular complexity index is 432. The molecule has 1 aromatic heterocycles. The minimum absolute atomic E-state index is 0.0450. The first kappa shape index (κ1) is 14.5. The molecule has 102 valence electrons. The molecule has 18 heavy (non-hydrogen) atoms. The van der Waals surface area contributed by atoms with E-state index < -0.39 is 12.3 Å². The summed E-state index contributed by atoms with van der Waals surface area (Å²) in [7, 11) is 0. The van der Waals surface area contributed by atoms with Gasteiger partial charge in [0.15, 0.2) is 6.10 Å². The molecule has 0 aromatic carbocycles. The van der Waals surface area contributed by atoms with Crippen molar-refractivity contribution in [3.05, 3.63) is 11.4 Å². The first-order valence-electron chi connectivity index (χ1n) is 5.50. The van der Waals surface area contributed by atoms with Gasteiger partial charge in [-0.2, -0.15) is 18.2 Å². The molecule has 0 fully saturated rings. The standard InChI is InChI=1S/C11H16F3N3O/c1-5(2)9-16-8(15)6(3)10(17-9)18-7(4)11(12,13)14/h5,7H,1-4H3,(H2,15,16,17). The van der Waals surface area contributed by atoms with Crippen LogP contribution in [0.15, 0.2) is 0 Å². The molecule has 4 nitrogen and oxygen atoms in total. The predicted octanol–water partition coefficient (Wildman–Crippen LogP) is 2.82. The summed E-state index contributed by atoms with van der Waals surface area (Å²) < 4.78 is 42.1. The number of aromatic nitrogens is 2. The summed E-state index contributed by atoms with van der Waals surface area (Å²) in [5.74, 6) is 0.341. The van der Waals surface area contributed by atoms with E-state index in [9.17, 15) is 13.2 Å². The molecule has 1 atom stereocenters. The molecule has 1 heterocycles. The van der Waals surface area contributed by atoms with Gasteiger partial charge in [-0.05, 0) is 13.8 Å². The Morgan fingerprint density at radius 3 is 2.17 bits per heavy atom. The lowest BCUT2D eigenvalue weighted by molar-refractivity contribution is -0.190. The van der Waals surface area contributed by atoms with E-state index in [1.807, 2.05) is 13.8 Å². The van der Waals surface area contributed by atoms with Crippen molar-refractivity contribution in [1.82, 2.24) is 9.97 Å². The molecule has 0 aliphatic rings. The fraction of sp³-hybridized carbons (Fsp3) is 0.636. The lowest BCUT2D eigenvalue weighted by Crippen LogP contribution is -2.32. The number of nitrogen functional groups attached to an aromatic ring is 1. The van der Waals surface area contributed by atoms with Crippen LogP contribution in [0, 0.1) is 6.92 Å². The van der Waals surface area contributed by atoms with Crippen LogP contribution in [0.5, 0.6) is 5.88 Å². The molecule has 0 bridgehead atoms. The molecule has 1 rings (SSSR count). The monoisotopic (exact) mass is 263 g/mol. The summed E-state index contributed by atoms with van der Waals surface area (Å²) in [6, 6.07) is 0. The van der Waals surface area contributed by atoms with Gasteiger partial charge >= 0.3 is 6.18 Å². The summed E-state index contributed by atoms with van der Waals surface area (Å²) in [5.41, 5.74) is 5.95. The molecule has 2 N–H and O–H groups in total. The lowest BCUT2D eigenvalue weighted by Gasteiger charge is -2.19. The number of rotatable bonds is 3. The van der Waals surface area contributed by atoms with Crippen LogP contribution in [0.2, 0.25) is 0 Å². The maximum Gasteiger partial charge on any atom is 0.425 e. The van der Waals surface area contributed by atoms with Crippen LogP contribution < -0.4 is 10.5 Å². The number of anilines is 1. The van der Waals surface area contributed by atoms with Gasteiger partial charge in [0.2, 0.25) is 5.88 Å². The smallest absolute Gasteiger partial charge is 0.425 e. The Hall–Kier alpha value is -1.53.